The summed E-state index contributed by atoms with van der Waals surface area (Å²) in [4.78, 5) is 20.6. The van der Waals surface area contributed by atoms with Crippen LogP contribution < -0.4 is 10.5 Å². The van der Waals surface area contributed by atoms with Crippen LogP contribution >= 0.6 is 11.6 Å². The maximum Gasteiger partial charge on any atom is 0.263 e. The van der Waals surface area contributed by atoms with Gasteiger partial charge in [0, 0.05) is 18.7 Å². The number of benzene rings is 2. The van der Waals surface area contributed by atoms with Crippen molar-refractivity contribution in [2.45, 2.75) is 46.0 Å². The molecule has 1 aliphatic heterocycles. The van der Waals surface area contributed by atoms with E-state index in [0.717, 1.165) is 38.2 Å². The van der Waals surface area contributed by atoms with Gasteiger partial charge in [-0.25, -0.2) is 4.98 Å². The maximum absolute atomic E-state index is 13.4. The topological polar surface area (TPSA) is 38.1 Å². The molecule has 0 bridgehead atoms. The number of terminal acetylenes is 1. The van der Waals surface area contributed by atoms with Crippen LogP contribution in [0.1, 0.15) is 53.8 Å². The van der Waals surface area contributed by atoms with Crippen LogP contribution in [0.2, 0.25) is 5.02 Å². The molecule has 0 saturated carbocycles. The van der Waals surface area contributed by atoms with Crippen LogP contribution in [-0.2, 0) is 6.42 Å². The number of nitrogens with zero attached hydrogens (tertiary/aromatic N) is 3. The van der Waals surface area contributed by atoms with Crippen molar-refractivity contribution < 1.29 is 0 Å². The molecule has 5 heteroatoms. The summed E-state index contributed by atoms with van der Waals surface area (Å²) in [6.07, 6.45) is 8.91. The molecule has 1 aliphatic carbocycles. The Hall–Kier alpha value is -3.03. The van der Waals surface area contributed by atoms with Gasteiger partial charge in [0.2, 0.25) is 0 Å². The van der Waals surface area contributed by atoms with Crippen LogP contribution in [0.15, 0.2) is 47.3 Å². The molecule has 0 N–H and O–H groups in total. The second-order valence-electron chi connectivity index (χ2n) is 9.48. The molecule has 1 aromatic heterocycles. The Morgan fingerprint density at radius 1 is 1.12 bits per heavy atom. The predicted octanol–water partition coefficient (Wildman–Crippen LogP) is 5.43. The molecular weight excluding hydrogens is 430 g/mol. The molecule has 0 amide bonds. The zero-order valence-electron chi connectivity index (χ0n) is 19.4. The molecule has 1 saturated heterocycles. The predicted molar refractivity (Wildman–Crippen MR) is 135 cm³/mol. The van der Waals surface area contributed by atoms with E-state index in [-0.39, 0.29) is 5.56 Å². The van der Waals surface area contributed by atoms with Crippen LogP contribution in [-0.4, -0.2) is 22.6 Å². The Balaban J connectivity index is 1.45. The number of halogens is 1. The van der Waals surface area contributed by atoms with E-state index >= 15 is 0 Å². The minimum Gasteiger partial charge on any atom is -0.356 e. The first-order chi connectivity index (χ1) is 15.9. The van der Waals surface area contributed by atoms with Gasteiger partial charge in [0.25, 0.3) is 5.56 Å². The highest BCUT2D eigenvalue weighted by molar-refractivity contribution is 6.33. The number of hydrogen-bond acceptors (Lipinski definition) is 3. The largest absolute Gasteiger partial charge is 0.356 e. The zero-order chi connectivity index (χ0) is 23.3. The first-order valence-electron chi connectivity index (χ1n) is 11.5. The third kappa shape index (κ3) is 3.38. The van der Waals surface area contributed by atoms with Gasteiger partial charge in [-0.05, 0) is 67.7 Å². The van der Waals surface area contributed by atoms with Gasteiger partial charge in [-0.15, -0.1) is 6.42 Å². The molecule has 2 heterocycles. The number of aryl methyl sites for hydroxylation is 1. The fourth-order valence-electron chi connectivity index (χ4n) is 5.85. The van der Waals surface area contributed by atoms with Gasteiger partial charge in [0.1, 0.15) is 11.6 Å². The third-order valence-corrected chi connectivity index (χ3v) is 8.26. The highest BCUT2D eigenvalue weighted by atomic mass is 35.5. The molecule has 1 atom stereocenters. The van der Waals surface area contributed by atoms with Crippen LogP contribution in [0.25, 0.3) is 5.69 Å². The van der Waals surface area contributed by atoms with E-state index in [4.69, 9.17) is 23.0 Å². The lowest BCUT2D eigenvalue weighted by atomic mass is 9.70. The van der Waals surface area contributed by atoms with Gasteiger partial charge < -0.3 is 4.90 Å². The number of hydrogen-bond donors (Lipinski definition) is 0. The minimum absolute atomic E-state index is 0.101. The Bertz CT molecular complexity index is 1340. The molecule has 168 valence electrons. The van der Waals surface area contributed by atoms with Gasteiger partial charge in [-0.3, -0.25) is 9.36 Å². The van der Waals surface area contributed by atoms with Crippen molar-refractivity contribution in [3.05, 3.63) is 85.9 Å². The molecule has 5 rings (SSSR count). The van der Waals surface area contributed by atoms with E-state index in [1.54, 1.807) is 10.6 Å². The molecule has 3 aromatic rings. The molecule has 0 unspecified atom stereocenters. The Morgan fingerprint density at radius 2 is 1.85 bits per heavy atom. The van der Waals surface area contributed by atoms with Crippen molar-refractivity contribution in [3.63, 3.8) is 0 Å². The number of piperidine rings is 1. The lowest BCUT2D eigenvalue weighted by Gasteiger charge is -2.43. The summed E-state index contributed by atoms with van der Waals surface area (Å²) in [7, 11) is 0. The van der Waals surface area contributed by atoms with Crippen molar-refractivity contribution in [2.75, 3.05) is 18.0 Å². The van der Waals surface area contributed by atoms with Crippen molar-refractivity contribution in [3.8, 4) is 18.0 Å². The number of anilines is 1. The normalized spacial score (nSPS) is 18.9. The minimum atomic E-state index is -0.101. The second kappa shape index (κ2) is 8.08. The summed E-state index contributed by atoms with van der Waals surface area (Å²) in [5.74, 6) is 4.54. The summed E-state index contributed by atoms with van der Waals surface area (Å²) in [6.45, 7) is 7.90. The van der Waals surface area contributed by atoms with Crippen LogP contribution in [0.3, 0.4) is 0 Å². The molecule has 33 heavy (non-hydrogen) atoms. The summed E-state index contributed by atoms with van der Waals surface area (Å²) < 4.78 is 1.57. The molecule has 1 spiro atoms. The van der Waals surface area contributed by atoms with Crippen molar-refractivity contribution in [1.29, 1.82) is 0 Å². The standard InChI is InChI=1S/C28H28ClN3O/c1-5-21-10-8-12-24(25(21)29)32-20(4)30-26(18(2)27(32)33)31-15-13-28(14-16-31)17-22-9-6-7-11-23(22)19(28)3/h1,6-12,19H,13-17H2,2-4H3/t19-/m1/s1. The second-order valence-corrected chi connectivity index (χ2v) is 9.86. The fraction of sp³-hybridized carbons (Fsp3) is 0.357. The van der Waals surface area contributed by atoms with Crippen LogP contribution in [0, 0.1) is 31.6 Å². The molecule has 4 nitrogen and oxygen atoms in total. The number of rotatable bonds is 2. The quantitative estimate of drug-likeness (QED) is 0.481. The Kier molecular flexibility index (Phi) is 5.34. The van der Waals surface area contributed by atoms with Gasteiger partial charge in [-0.2, -0.15) is 0 Å². The highest BCUT2D eigenvalue weighted by Gasteiger charge is 2.45. The van der Waals surface area contributed by atoms with Crippen molar-refractivity contribution in [2.24, 2.45) is 5.41 Å². The number of fused-ring (bicyclic) bond motifs is 1. The fourth-order valence-corrected chi connectivity index (χ4v) is 6.11. The van der Waals surface area contributed by atoms with Gasteiger partial charge in [0.15, 0.2) is 0 Å². The monoisotopic (exact) mass is 457 g/mol. The average Bonchev–Trinajstić information content (AvgIpc) is 3.09. The number of aromatic nitrogens is 2. The van der Waals surface area contributed by atoms with E-state index in [9.17, 15) is 4.79 Å². The van der Waals surface area contributed by atoms with E-state index in [1.165, 1.54) is 11.1 Å². The van der Waals surface area contributed by atoms with Crippen LogP contribution in [0.5, 0.6) is 0 Å². The molecular formula is C28H28ClN3O. The molecule has 0 radical (unpaired) electrons. The lowest BCUT2D eigenvalue weighted by Crippen LogP contribution is -2.43. The summed E-state index contributed by atoms with van der Waals surface area (Å²) in [6, 6.07) is 14.3. The maximum atomic E-state index is 13.4. The Labute approximate surface area is 200 Å². The van der Waals surface area contributed by atoms with Gasteiger partial charge in [-0.1, -0.05) is 54.8 Å². The average molecular weight is 458 g/mol. The van der Waals surface area contributed by atoms with E-state index < -0.39 is 0 Å². The Morgan fingerprint density at radius 3 is 2.55 bits per heavy atom. The van der Waals surface area contributed by atoms with Crippen molar-refractivity contribution in [1.82, 2.24) is 9.55 Å². The molecule has 2 aromatic carbocycles. The van der Waals surface area contributed by atoms with E-state index in [1.807, 2.05) is 26.0 Å². The molecule has 2 aliphatic rings. The van der Waals surface area contributed by atoms with Gasteiger partial charge >= 0.3 is 0 Å². The summed E-state index contributed by atoms with van der Waals surface area (Å²) >= 11 is 6.51. The molecule has 1 fully saturated rings. The first-order valence-corrected chi connectivity index (χ1v) is 11.9. The first kappa shape index (κ1) is 21.8. The van der Waals surface area contributed by atoms with E-state index in [2.05, 4.69) is 42.0 Å². The van der Waals surface area contributed by atoms with E-state index in [0.29, 0.717) is 39.0 Å². The summed E-state index contributed by atoms with van der Waals surface area (Å²) in [5.41, 5.74) is 4.99. The lowest BCUT2D eigenvalue weighted by molar-refractivity contribution is 0.194. The van der Waals surface area contributed by atoms with Crippen molar-refractivity contribution >= 4 is 17.4 Å². The van der Waals surface area contributed by atoms with Crippen LogP contribution in [0.4, 0.5) is 5.82 Å². The smallest absolute Gasteiger partial charge is 0.263 e. The van der Waals surface area contributed by atoms with Gasteiger partial charge in [0.05, 0.1) is 16.3 Å². The third-order valence-electron chi connectivity index (χ3n) is 7.87. The summed E-state index contributed by atoms with van der Waals surface area (Å²) in [5, 5.41) is 0.397. The SMILES string of the molecule is C#Cc1cccc(-n2c(C)nc(N3CCC4(CC3)Cc3ccccc3[C@H]4C)c(C)c2=O)c1Cl. The highest BCUT2D eigenvalue weighted by Crippen LogP contribution is 2.53. The zero-order valence-corrected chi connectivity index (χ0v) is 20.1.